The van der Waals surface area contributed by atoms with E-state index in [1.807, 2.05) is 20.8 Å². The van der Waals surface area contributed by atoms with Crippen molar-refractivity contribution in [3.63, 3.8) is 0 Å². The van der Waals surface area contributed by atoms with Crippen LogP contribution in [0, 0.1) is 0 Å². The molecule has 0 atom stereocenters. The van der Waals surface area contributed by atoms with E-state index in [4.69, 9.17) is 15.6 Å². The van der Waals surface area contributed by atoms with Crippen molar-refractivity contribution < 1.29 is 13.2 Å². The fourth-order valence-electron chi connectivity index (χ4n) is 1.53. The van der Waals surface area contributed by atoms with Crippen LogP contribution < -0.4 is 10.9 Å². The summed E-state index contributed by atoms with van der Waals surface area (Å²) in [5, 5.41) is 10.6. The molecule has 4 N–H and O–H groups in total. The van der Waals surface area contributed by atoms with Gasteiger partial charge in [0.1, 0.15) is 12.1 Å². The molecule has 0 rings (SSSR count). The number of thiol groups is 1. The SMILES string of the molecule is CC/C(OCCCS(N)(=O)=O)=C(/S)C(C)(C)N(C)N=CN. The van der Waals surface area contributed by atoms with Crippen LogP contribution in [0.2, 0.25) is 0 Å². The molecule has 21 heavy (non-hydrogen) atoms. The number of hydrazone groups is 1. The smallest absolute Gasteiger partial charge is 0.209 e. The summed E-state index contributed by atoms with van der Waals surface area (Å²) in [6.07, 6.45) is 2.18. The van der Waals surface area contributed by atoms with Crippen LogP contribution in [0.1, 0.15) is 33.6 Å². The van der Waals surface area contributed by atoms with E-state index in [-0.39, 0.29) is 12.4 Å². The molecule has 0 heterocycles. The summed E-state index contributed by atoms with van der Waals surface area (Å²) in [4.78, 5) is 0.716. The molecule has 124 valence electrons. The Morgan fingerprint density at radius 3 is 2.48 bits per heavy atom. The monoisotopic (exact) mass is 338 g/mol. The van der Waals surface area contributed by atoms with Gasteiger partial charge in [-0.1, -0.05) is 6.92 Å². The van der Waals surface area contributed by atoms with E-state index < -0.39 is 15.6 Å². The first-order valence-corrected chi connectivity index (χ1v) is 8.76. The number of rotatable bonds is 9. The number of primary sulfonamides is 1. The third-order valence-electron chi connectivity index (χ3n) is 3.06. The molecular formula is C12H26N4O3S2. The van der Waals surface area contributed by atoms with Crippen LogP contribution in [0.4, 0.5) is 0 Å². The van der Waals surface area contributed by atoms with Crippen LogP contribution in [0.25, 0.3) is 0 Å². The van der Waals surface area contributed by atoms with Crippen LogP contribution in [0.3, 0.4) is 0 Å². The van der Waals surface area contributed by atoms with Gasteiger partial charge >= 0.3 is 0 Å². The summed E-state index contributed by atoms with van der Waals surface area (Å²) < 4.78 is 27.4. The first kappa shape index (κ1) is 20.1. The summed E-state index contributed by atoms with van der Waals surface area (Å²) in [7, 11) is -1.67. The molecule has 0 aliphatic rings. The minimum atomic E-state index is -3.45. The fraction of sp³-hybridized carbons (Fsp3) is 0.750. The van der Waals surface area contributed by atoms with E-state index in [9.17, 15) is 8.42 Å². The molecule has 0 aliphatic carbocycles. The second-order valence-electron chi connectivity index (χ2n) is 5.04. The third-order valence-corrected chi connectivity index (χ3v) is 4.72. The number of likely N-dealkylation sites (N-methyl/N-ethyl adjacent to an activating group) is 1. The van der Waals surface area contributed by atoms with Gasteiger partial charge in [-0.05, 0) is 20.3 Å². The van der Waals surface area contributed by atoms with Crippen molar-refractivity contribution >= 4 is 29.0 Å². The maximum absolute atomic E-state index is 10.9. The number of nitrogens with two attached hydrogens (primary N) is 2. The minimum absolute atomic E-state index is 0.105. The molecule has 0 spiro atoms. The quantitative estimate of drug-likeness (QED) is 0.144. The highest BCUT2D eigenvalue weighted by atomic mass is 32.2. The largest absolute Gasteiger partial charge is 0.497 e. The summed E-state index contributed by atoms with van der Waals surface area (Å²) in [5.41, 5.74) is 4.80. The van der Waals surface area contributed by atoms with Gasteiger partial charge in [0.25, 0.3) is 0 Å². The number of sulfonamides is 1. The molecule has 0 fully saturated rings. The normalized spacial score (nSPS) is 14.2. The van der Waals surface area contributed by atoms with Gasteiger partial charge in [-0.2, -0.15) is 5.10 Å². The zero-order chi connectivity index (χ0) is 16.7. The van der Waals surface area contributed by atoms with Gasteiger partial charge in [0.05, 0.1) is 17.9 Å². The zero-order valence-corrected chi connectivity index (χ0v) is 14.7. The van der Waals surface area contributed by atoms with Gasteiger partial charge in [0.15, 0.2) is 0 Å². The minimum Gasteiger partial charge on any atom is -0.497 e. The Hall–Kier alpha value is -0.930. The molecule has 9 heteroatoms. The number of ether oxygens (including phenoxy) is 1. The predicted molar refractivity (Wildman–Crippen MR) is 89.4 cm³/mol. The lowest BCUT2D eigenvalue weighted by atomic mass is 10.0. The molecule has 0 aromatic carbocycles. The molecule has 0 saturated heterocycles. The first-order chi connectivity index (χ1) is 9.56. The molecule has 0 bridgehead atoms. The number of hydrogen-bond donors (Lipinski definition) is 3. The van der Waals surface area contributed by atoms with Crippen molar-refractivity contribution in [1.29, 1.82) is 0 Å². The van der Waals surface area contributed by atoms with E-state index in [0.29, 0.717) is 23.5 Å². The van der Waals surface area contributed by atoms with Gasteiger partial charge in [-0.25, -0.2) is 13.6 Å². The van der Waals surface area contributed by atoms with Gasteiger partial charge < -0.3 is 10.5 Å². The summed E-state index contributed by atoms with van der Waals surface area (Å²) in [5.74, 6) is 0.587. The topological polar surface area (TPSA) is 111 Å². The Morgan fingerprint density at radius 2 is 2.05 bits per heavy atom. The lowest BCUT2D eigenvalue weighted by molar-refractivity contribution is 0.174. The Labute approximate surface area is 132 Å². The average Bonchev–Trinajstić information content (AvgIpc) is 2.37. The van der Waals surface area contributed by atoms with Crippen molar-refractivity contribution in [2.45, 2.75) is 39.2 Å². The van der Waals surface area contributed by atoms with Gasteiger partial charge in [0.2, 0.25) is 10.0 Å². The standard InChI is InChI=1S/C12H26N4O3S2/c1-5-10(19-7-6-8-21(14,17)18)11(20)12(2,3)16(4)15-9-13/h9,20H,5-8H2,1-4H3,(H2,13,15)(H2,14,17,18)/b11-10-. The first-order valence-electron chi connectivity index (χ1n) is 6.60. The van der Waals surface area contributed by atoms with Crippen molar-refractivity contribution in [1.82, 2.24) is 5.01 Å². The maximum atomic E-state index is 10.9. The van der Waals surface area contributed by atoms with Crippen LogP contribution in [0.5, 0.6) is 0 Å². The second kappa shape index (κ2) is 8.50. The Bertz CT molecular complexity index is 487. The van der Waals surface area contributed by atoms with Crippen LogP contribution in [-0.4, -0.2) is 44.7 Å². The molecular weight excluding hydrogens is 312 g/mol. The van der Waals surface area contributed by atoms with E-state index >= 15 is 0 Å². The van der Waals surface area contributed by atoms with Crippen molar-refractivity contribution in [2.75, 3.05) is 19.4 Å². The summed E-state index contributed by atoms with van der Waals surface area (Å²) in [6.45, 7) is 6.08. The Balaban J connectivity index is 4.87. The fourth-order valence-corrected chi connectivity index (χ4v) is 2.42. The van der Waals surface area contributed by atoms with Crippen LogP contribution >= 0.6 is 12.6 Å². The molecule has 0 aromatic heterocycles. The van der Waals surface area contributed by atoms with Crippen LogP contribution in [-0.2, 0) is 14.8 Å². The van der Waals surface area contributed by atoms with E-state index in [2.05, 4.69) is 17.7 Å². The molecule has 0 unspecified atom stereocenters. The van der Waals surface area contributed by atoms with E-state index in [1.165, 1.54) is 6.34 Å². The molecule has 0 aromatic rings. The van der Waals surface area contributed by atoms with Crippen molar-refractivity contribution in [3.8, 4) is 0 Å². The molecule has 0 radical (unpaired) electrons. The highest BCUT2D eigenvalue weighted by Crippen LogP contribution is 2.30. The molecule has 7 nitrogen and oxygen atoms in total. The van der Waals surface area contributed by atoms with Crippen molar-refractivity contribution in [2.24, 2.45) is 16.0 Å². The summed E-state index contributed by atoms with van der Waals surface area (Å²) >= 11 is 4.53. The van der Waals surface area contributed by atoms with Gasteiger partial charge in [0, 0.05) is 18.4 Å². The zero-order valence-electron chi connectivity index (χ0n) is 13.0. The number of nitrogens with zero attached hydrogens (tertiary/aromatic N) is 2. The van der Waals surface area contributed by atoms with Crippen LogP contribution in [0.15, 0.2) is 15.8 Å². The molecule has 0 amide bonds. The van der Waals surface area contributed by atoms with Gasteiger partial charge in [-0.15, -0.1) is 12.6 Å². The molecule has 0 aliphatic heterocycles. The Kier molecular flexibility index (Phi) is 8.12. The highest BCUT2D eigenvalue weighted by Gasteiger charge is 2.28. The third kappa shape index (κ3) is 7.05. The maximum Gasteiger partial charge on any atom is 0.209 e. The summed E-state index contributed by atoms with van der Waals surface area (Å²) in [6, 6.07) is 0. The van der Waals surface area contributed by atoms with Gasteiger partial charge in [-0.3, -0.25) is 5.01 Å². The lowest BCUT2D eigenvalue weighted by Gasteiger charge is -2.34. The number of allylic oxidation sites excluding steroid dienone is 1. The lowest BCUT2D eigenvalue weighted by Crippen LogP contribution is -2.39. The van der Waals surface area contributed by atoms with E-state index in [1.54, 1.807) is 12.1 Å². The average molecular weight is 338 g/mol. The highest BCUT2D eigenvalue weighted by molar-refractivity contribution is 7.89. The predicted octanol–water partition coefficient (Wildman–Crippen LogP) is 0.845. The second-order valence-corrected chi connectivity index (χ2v) is 7.22. The molecule has 0 saturated carbocycles. The van der Waals surface area contributed by atoms with Crippen molar-refractivity contribution in [3.05, 3.63) is 10.7 Å². The Morgan fingerprint density at radius 1 is 1.48 bits per heavy atom. The number of hydrogen-bond acceptors (Lipinski definition) is 6. The van der Waals surface area contributed by atoms with E-state index in [0.717, 1.165) is 0 Å².